The topological polar surface area (TPSA) is 4.93 Å². The first-order chi connectivity index (χ1) is 14.9. The predicted octanol–water partition coefficient (Wildman–Crippen LogP) is 7.63. The van der Waals surface area contributed by atoms with Gasteiger partial charge in [0.25, 0.3) is 0 Å². The van der Waals surface area contributed by atoms with E-state index in [1.807, 2.05) is 0 Å². The van der Waals surface area contributed by atoms with Crippen molar-refractivity contribution in [3.8, 4) is 0 Å². The Morgan fingerprint density at radius 2 is 1.47 bits per heavy atom. The molecule has 0 radical (unpaired) electrons. The zero-order valence-electron chi connectivity index (χ0n) is 16.8. The largest absolute Gasteiger partial charge is 0.130 e. The molecule has 0 spiro atoms. The Labute approximate surface area is 193 Å². The van der Waals surface area contributed by atoms with Gasteiger partial charge in [0.15, 0.2) is 0 Å². The molecule has 1 aromatic heterocycles. The maximum atomic E-state index is 4.64. The van der Waals surface area contributed by atoms with E-state index in [-0.39, 0.29) is 0 Å². The van der Waals surface area contributed by atoms with E-state index in [0.717, 1.165) is 6.42 Å². The van der Waals surface area contributed by atoms with Gasteiger partial charge in [-0.25, -0.2) is 0 Å². The number of allylic oxidation sites excluding steroid dienone is 5. The summed E-state index contributed by atoms with van der Waals surface area (Å²) in [6, 6.07) is 26.7. The zero-order chi connectivity index (χ0) is 20.5. The number of rotatable bonds is 3. The third-order valence-corrected chi connectivity index (χ3v) is 9.87. The molecule has 6 rings (SSSR count). The molecule has 4 aromatic rings. The average Bonchev–Trinajstić information content (AvgIpc) is 3.52. The van der Waals surface area contributed by atoms with Gasteiger partial charge in [0.05, 0.1) is 0 Å². The van der Waals surface area contributed by atoms with Crippen LogP contribution in [0.15, 0.2) is 94.3 Å². The van der Waals surface area contributed by atoms with Crippen LogP contribution in [-0.4, -0.2) is 11.0 Å². The number of hydrogen-bond acceptors (Lipinski definition) is 0. The number of hydrogen-bond donors (Lipinski definition) is 0. The van der Waals surface area contributed by atoms with E-state index >= 15 is 0 Å². The first-order valence-electron chi connectivity index (χ1n) is 10.2. The molecule has 0 fully saturated rings. The van der Waals surface area contributed by atoms with Crippen LogP contribution >= 0.6 is 11.6 Å². The van der Waals surface area contributed by atoms with Crippen molar-refractivity contribution in [2.75, 3.05) is 6.38 Å². The summed E-state index contributed by atoms with van der Waals surface area (Å²) < 4.78 is 4.79. The average molecular weight is 487 g/mol. The van der Waals surface area contributed by atoms with E-state index in [4.69, 9.17) is 0 Å². The number of para-hydroxylation sites is 2. The Hall–Kier alpha value is -2.15. The third kappa shape index (κ3) is 3.27. The number of benzene rings is 3. The summed E-state index contributed by atoms with van der Waals surface area (Å²) in [4.78, 5) is 0. The van der Waals surface area contributed by atoms with E-state index in [1.54, 1.807) is 3.28 Å². The van der Waals surface area contributed by atoms with Crippen LogP contribution in [0.4, 0.5) is 0 Å². The Morgan fingerprint density at radius 1 is 0.833 bits per heavy atom. The number of halogens is 1. The summed E-state index contributed by atoms with van der Waals surface area (Å²) in [7, 11) is 0. The number of nitrogens with zero attached hydrogens (tertiary/aromatic N) is 1. The fourth-order valence-electron chi connectivity index (χ4n) is 4.59. The normalized spacial score (nSPS) is 16.8. The molecular weight excluding hydrogens is 465 g/mol. The molecular formula is C27H22ClNZr. The van der Waals surface area contributed by atoms with E-state index in [0.29, 0.717) is 3.63 Å². The van der Waals surface area contributed by atoms with Gasteiger partial charge in [0.1, 0.15) is 0 Å². The molecule has 3 heteroatoms. The minimum Gasteiger partial charge on any atom is -0.130 e. The van der Waals surface area contributed by atoms with Gasteiger partial charge in [-0.05, 0) is 0 Å². The van der Waals surface area contributed by atoms with Gasteiger partial charge < -0.3 is 0 Å². The molecule has 1 nitrogen and oxygen atoms in total. The van der Waals surface area contributed by atoms with Crippen molar-refractivity contribution in [2.24, 2.45) is 0 Å². The van der Waals surface area contributed by atoms with Crippen LogP contribution in [0.1, 0.15) is 21.2 Å². The molecule has 3 aromatic carbocycles. The minimum atomic E-state index is -0.777. The Kier molecular flexibility index (Phi) is 5.63. The van der Waals surface area contributed by atoms with Crippen LogP contribution in [-0.2, 0) is 23.2 Å². The first-order valence-corrected chi connectivity index (χ1v) is 13.6. The number of fused-ring (bicyclic) bond motifs is 4. The van der Waals surface area contributed by atoms with Crippen molar-refractivity contribution < 1.29 is 23.2 Å². The van der Waals surface area contributed by atoms with Crippen molar-refractivity contribution in [3.05, 3.63) is 105 Å². The quantitative estimate of drug-likeness (QED) is 0.262. The number of alkyl halides is 1. The third-order valence-electron chi connectivity index (χ3n) is 5.85. The van der Waals surface area contributed by atoms with Crippen molar-refractivity contribution >= 4 is 45.2 Å². The second-order valence-corrected chi connectivity index (χ2v) is 11.2. The molecule has 0 bridgehead atoms. The molecule has 0 aliphatic heterocycles. The molecule has 0 amide bonds. The fraction of sp³-hybridized carbons (Fsp3) is 0.111. The smallest absolute Gasteiger partial charge is 0.0108 e. The molecule has 2 aliphatic carbocycles. The summed E-state index contributed by atoms with van der Waals surface area (Å²) in [6.45, 7) is 0. The van der Waals surface area contributed by atoms with Crippen LogP contribution in [0.2, 0.25) is 0 Å². The zero-order valence-corrected chi connectivity index (χ0v) is 20.1. The van der Waals surface area contributed by atoms with Gasteiger partial charge >= 0.3 is 177 Å². The number of aromatic nitrogens is 1. The molecule has 1 heterocycles. The van der Waals surface area contributed by atoms with Crippen molar-refractivity contribution in [3.63, 3.8) is 0 Å². The minimum absolute atomic E-state index is 0.560. The Bertz CT molecular complexity index is 1270. The summed E-state index contributed by atoms with van der Waals surface area (Å²) in [5.41, 5.74) is 7.05. The molecule has 0 N–H and O–H groups in total. The van der Waals surface area contributed by atoms with Crippen LogP contribution in [0.3, 0.4) is 0 Å². The SMILES string of the molecule is C1=CC[C]([Zr][CH]2C(n3c4ccccc4c4ccccc43)=Cc3ccccc32)=C1.CCl. The van der Waals surface area contributed by atoms with E-state index in [9.17, 15) is 0 Å². The second-order valence-electron chi connectivity index (χ2n) is 7.47. The van der Waals surface area contributed by atoms with Crippen LogP contribution in [0.5, 0.6) is 0 Å². The van der Waals surface area contributed by atoms with E-state index in [1.165, 1.54) is 45.0 Å². The summed E-state index contributed by atoms with van der Waals surface area (Å²) >= 11 is 3.86. The van der Waals surface area contributed by atoms with Crippen molar-refractivity contribution in [1.29, 1.82) is 0 Å². The molecule has 1 atom stereocenters. The monoisotopic (exact) mass is 485 g/mol. The maximum Gasteiger partial charge on any atom is 0.0108 e. The van der Waals surface area contributed by atoms with Gasteiger partial charge in [0.2, 0.25) is 0 Å². The van der Waals surface area contributed by atoms with Crippen LogP contribution in [0, 0.1) is 0 Å². The standard InChI is InChI=1S/C21H14N.C5H5.CH3Cl.Zr/c1-2-8-16-14-17(13-15(16)7-1)22-20-11-5-3-9-18(20)19-10-4-6-12-21(19)22;1-2-4-5-3-1;1-2;/h1-14H;1-3H,4H2;1H3;. The Balaban J connectivity index is 0.000000937. The molecule has 1 unspecified atom stereocenters. The van der Waals surface area contributed by atoms with E-state index in [2.05, 4.69) is 113 Å². The van der Waals surface area contributed by atoms with Gasteiger partial charge in [-0.3, -0.25) is 0 Å². The van der Waals surface area contributed by atoms with Gasteiger partial charge in [-0.2, -0.15) is 0 Å². The molecule has 0 saturated carbocycles. The van der Waals surface area contributed by atoms with Crippen LogP contribution in [0.25, 0.3) is 33.6 Å². The van der Waals surface area contributed by atoms with Crippen molar-refractivity contribution in [1.82, 2.24) is 4.57 Å². The summed E-state index contributed by atoms with van der Waals surface area (Å²) in [6.07, 6.45) is 12.0. The van der Waals surface area contributed by atoms with Gasteiger partial charge in [-0.15, -0.1) is 11.6 Å². The molecule has 0 saturated heterocycles. The summed E-state index contributed by atoms with van der Waals surface area (Å²) in [5, 5.41) is 2.70. The summed E-state index contributed by atoms with van der Waals surface area (Å²) in [5.74, 6) is 0. The first kappa shape index (κ1) is 19.8. The maximum absolute atomic E-state index is 4.64. The fourth-order valence-corrected chi connectivity index (χ4v) is 8.47. The van der Waals surface area contributed by atoms with Crippen LogP contribution < -0.4 is 0 Å². The molecule has 30 heavy (non-hydrogen) atoms. The molecule has 146 valence electrons. The van der Waals surface area contributed by atoms with E-state index < -0.39 is 23.2 Å². The van der Waals surface area contributed by atoms with Gasteiger partial charge in [-0.1, -0.05) is 0 Å². The van der Waals surface area contributed by atoms with Gasteiger partial charge in [0, 0.05) is 6.38 Å². The molecule has 2 aliphatic rings. The van der Waals surface area contributed by atoms with Crippen molar-refractivity contribution in [2.45, 2.75) is 10.0 Å². The Morgan fingerprint density at radius 3 is 2.13 bits per heavy atom. The second kappa shape index (κ2) is 8.54. The predicted molar refractivity (Wildman–Crippen MR) is 126 cm³/mol.